The van der Waals surface area contributed by atoms with Gasteiger partial charge in [0.05, 0.1) is 66.2 Å². The fourth-order valence-electron chi connectivity index (χ4n) is 3.89. The molecule has 3 fully saturated rings. The summed E-state index contributed by atoms with van der Waals surface area (Å²) in [5.74, 6) is -0.553. The smallest absolute Gasteiger partial charge is 0.230 e. The van der Waals surface area contributed by atoms with Gasteiger partial charge in [0.2, 0.25) is 23.6 Å². The molecular formula is C22H36N4O8. The molecule has 192 valence electrons. The van der Waals surface area contributed by atoms with Crippen LogP contribution in [0.2, 0.25) is 0 Å². The predicted octanol–water partition coefficient (Wildman–Crippen LogP) is -1.12. The highest BCUT2D eigenvalue weighted by Crippen LogP contribution is 2.13. The first-order chi connectivity index (χ1) is 16.5. The second kappa shape index (κ2) is 14.4. The van der Waals surface area contributed by atoms with Gasteiger partial charge in [-0.05, 0) is 0 Å². The number of carbonyl (C=O) groups is 4. The van der Waals surface area contributed by atoms with Crippen LogP contribution in [0, 0.1) is 0 Å². The van der Waals surface area contributed by atoms with Crippen LogP contribution in [0.25, 0.3) is 0 Å². The number of hydrogen-bond donors (Lipinski definition) is 0. The number of carbonyl (C=O) groups excluding carboxylic acids is 4. The second-order valence-electron chi connectivity index (χ2n) is 8.40. The molecule has 0 aliphatic carbocycles. The first-order valence-electron chi connectivity index (χ1n) is 12.0. The van der Waals surface area contributed by atoms with Crippen molar-refractivity contribution >= 4 is 23.6 Å². The molecule has 0 atom stereocenters. The SMILES string of the molecule is O=C1CCC(=O)N1CN1CCOCCOCCN(CN2C(=O)CCC2=O)CCOCCOCC1. The Morgan fingerprint density at radius 2 is 0.706 bits per heavy atom. The molecule has 0 N–H and O–H groups in total. The molecule has 0 bridgehead atoms. The van der Waals surface area contributed by atoms with E-state index in [2.05, 4.69) is 0 Å². The zero-order valence-electron chi connectivity index (χ0n) is 19.8. The van der Waals surface area contributed by atoms with Crippen molar-refractivity contribution in [2.45, 2.75) is 25.7 Å². The van der Waals surface area contributed by atoms with Crippen LogP contribution in [-0.2, 0) is 38.1 Å². The minimum atomic E-state index is -0.138. The van der Waals surface area contributed by atoms with E-state index in [0.717, 1.165) is 0 Å². The van der Waals surface area contributed by atoms with Gasteiger partial charge in [0.25, 0.3) is 0 Å². The third kappa shape index (κ3) is 8.67. The molecule has 0 aromatic carbocycles. The molecule has 12 heteroatoms. The van der Waals surface area contributed by atoms with Crippen molar-refractivity contribution in [3.05, 3.63) is 0 Å². The van der Waals surface area contributed by atoms with Crippen molar-refractivity contribution in [3.63, 3.8) is 0 Å². The molecule has 3 saturated heterocycles. The number of rotatable bonds is 4. The molecule has 0 aromatic rings. The molecular weight excluding hydrogens is 448 g/mol. The van der Waals surface area contributed by atoms with E-state index in [0.29, 0.717) is 79.0 Å². The summed E-state index contributed by atoms with van der Waals surface area (Å²) in [5.41, 5.74) is 0. The van der Waals surface area contributed by atoms with Gasteiger partial charge < -0.3 is 18.9 Å². The first kappa shape index (κ1) is 26.6. The van der Waals surface area contributed by atoms with E-state index in [1.165, 1.54) is 9.80 Å². The second-order valence-corrected chi connectivity index (χ2v) is 8.40. The highest BCUT2D eigenvalue weighted by molar-refractivity contribution is 6.02. The molecule has 12 nitrogen and oxygen atoms in total. The van der Waals surface area contributed by atoms with E-state index in [1.807, 2.05) is 9.80 Å². The fraction of sp³-hybridized carbons (Fsp3) is 0.818. The average Bonchev–Trinajstić information content (AvgIpc) is 3.31. The highest BCUT2D eigenvalue weighted by Gasteiger charge is 2.31. The molecule has 0 aromatic heterocycles. The van der Waals surface area contributed by atoms with Crippen LogP contribution in [0.1, 0.15) is 25.7 Å². The Balaban J connectivity index is 1.43. The van der Waals surface area contributed by atoms with Crippen molar-refractivity contribution < 1.29 is 38.1 Å². The Kier molecular flexibility index (Phi) is 11.3. The lowest BCUT2D eigenvalue weighted by Gasteiger charge is -2.27. The quantitative estimate of drug-likeness (QED) is 0.454. The van der Waals surface area contributed by atoms with Crippen LogP contribution in [0.3, 0.4) is 0 Å². The Labute approximate surface area is 200 Å². The van der Waals surface area contributed by atoms with E-state index in [4.69, 9.17) is 18.9 Å². The molecule has 3 aliphatic heterocycles. The number of likely N-dealkylation sites (tertiary alicyclic amines) is 2. The van der Waals surface area contributed by atoms with Gasteiger partial charge in [-0.25, -0.2) is 0 Å². The number of hydrogen-bond acceptors (Lipinski definition) is 10. The molecule has 3 rings (SSSR count). The van der Waals surface area contributed by atoms with Crippen molar-refractivity contribution in [3.8, 4) is 0 Å². The number of amides is 4. The van der Waals surface area contributed by atoms with E-state index < -0.39 is 0 Å². The molecule has 0 spiro atoms. The monoisotopic (exact) mass is 484 g/mol. The Morgan fingerprint density at radius 3 is 0.971 bits per heavy atom. The van der Waals surface area contributed by atoms with E-state index in [1.54, 1.807) is 0 Å². The summed E-state index contributed by atoms with van der Waals surface area (Å²) in [6.45, 7) is 6.14. The Hall–Kier alpha value is -1.96. The lowest BCUT2D eigenvalue weighted by atomic mass is 10.4. The molecule has 4 amide bonds. The normalized spacial score (nSPS) is 24.6. The topological polar surface area (TPSA) is 118 Å². The van der Waals surface area contributed by atoms with Crippen LogP contribution >= 0.6 is 0 Å². The lowest BCUT2D eigenvalue weighted by Crippen LogP contribution is -2.44. The van der Waals surface area contributed by atoms with Gasteiger partial charge in [-0.15, -0.1) is 0 Å². The number of imide groups is 2. The Morgan fingerprint density at radius 1 is 0.441 bits per heavy atom. The van der Waals surface area contributed by atoms with Gasteiger partial charge in [0.1, 0.15) is 0 Å². The van der Waals surface area contributed by atoms with Crippen LogP contribution in [0.5, 0.6) is 0 Å². The molecule has 0 saturated carbocycles. The van der Waals surface area contributed by atoms with Crippen LogP contribution in [0.15, 0.2) is 0 Å². The van der Waals surface area contributed by atoms with Gasteiger partial charge in [0.15, 0.2) is 0 Å². The third-order valence-corrected chi connectivity index (χ3v) is 5.94. The maximum atomic E-state index is 11.9. The largest absolute Gasteiger partial charge is 0.378 e. The fourth-order valence-corrected chi connectivity index (χ4v) is 3.89. The molecule has 0 radical (unpaired) electrons. The summed E-state index contributed by atoms with van der Waals surface area (Å²) in [7, 11) is 0. The van der Waals surface area contributed by atoms with Gasteiger partial charge in [-0.3, -0.25) is 38.8 Å². The molecule has 0 unspecified atom stereocenters. The standard InChI is InChI=1S/C22H36N4O8/c27-19-1-2-20(28)25(19)17-23-5-9-31-13-15-33-11-7-24(8-12-34-16-14-32-10-6-23)18-26-21(29)3-4-22(26)30/h1-18H2. The van der Waals surface area contributed by atoms with E-state index in [9.17, 15) is 19.2 Å². The van der Waals surface area contributed by atoms with Gasteiger partial charge in [-0.1, -0.05) is 0 Å². The Bertz CT molecular complexity index is 596. The molecule has 34 heavy (non-hydrogen) atoms. The van der Waals surface area contributed by atoms with Crippen LogP contribution in [-0.4, -0.2) is 136 Å². The van der Waals surface area contributed by atoms with Gasteiger partial charge >= 0.3 is 0 Å². The third-order valence-electron chi connectivity index (χ3n) is 5.94. The van der Waals surface area contributed by atoms with Crippen molar-refractivity contribution in [1.29, 1.82) is 0 Å². The van der Waals surface area contributed by atoms with Crippen molar-refractivity contribution in [1.82, 2.24) is 19.6 Å². The predicted molar refractivity (Wildman–Crippen MR) is 118 cm³/mol. The van der Waals surface area contributed by atoms with E-state index in [-0.39, 0.29) is 62.6 Å². The summed E-state index contributed by atoms with van der Waals surface area (Å²) < 4.78 is 22.7. The first-order valence-corrected chi connectivity index (χ1v) is 12.0. The zero-order valence-corrected chi connectivity index (χ0v) is 19.8. The summed E-state index contributed by atoms with van der Waals surface area (Å²) in [4.78, 5) is 54.3. The minimum Gasteiger partial charge on any atom is -0.378 e. The maximum Gasteiger partial charge on any atom is 0.230 e. The summed E-state index contributed by atoms with van der Waals surface area (Å²) in [5, 5.41) is 0. The number of nitrogens with zero attached hydrogens (tertiary/aromatic N) is 4. The number of ether oxygens (including phenoxy) is 4. The summed E-state index contributed by atoms with van der Waals surface area (Å²) in [6, 6.07) is 0. The van der Waals surface area contributed by atoms with Gasteiger partial charge in [0, 0.05) is 51.9 Å². The molecule has 3 aliphatic rings. The summed E-state index contributed by atoms with van der Waals surface area (Å²) in [6.07, 6.45) is 1.10. The maximum absolute atomic E-state index is 11.9. The minimum absolute atomic E-state index is 0.138. The summed E-state index contributed by atoms with van der Waals surface area (Å²) >= 11 is 0. The average molecular weight is 485 g/mol. The lowest BCUT2D eigenvalue weighted by molar-refractivity contribution is -0.143. The highest BCUT2D eigenvalue weighted by atomic mass is 16.5. The van der Waals surface area contributed by atoms with Crippen molar-refractivity contribution in [2.75, 3.05) is 92.4 Å². The van der Waals surface area contributed by atoms with Gasteiger partial charge in [-0.2, -0.15) is 0 Å². The van der Waals surface area contributed by atoms with E-state index >= 15 is 0 Å². The van der Waals surface area contributed by atoms with Crippen molar-refractivity contribution in [2.24, 2.45) is 0 Å². The molecule has 3 heterocycles. The zero-order chi connectivity index (χ0) is 24.2. The van der Waals surface area contributed by atoms with Crippen LogP contribution < -0.4 is 0 Å². The van der Waals surface area contributed by atoms with Crippen LogP contribution in [0.4, 0.5) is 0 Å².